The highest BCUT2D eigenvalue weighted by atomic mass is 35.5. The molecule has 0 bridgehead atoms. The third-order valence-electron chi connectivity index (χ3n) is 3.91. The van der Waals surface area contributed by atoms with E-state index in [1.807, 2.05) is 6.92 Å². The number of hydrogen-bond acceptors (Lipinski definition) is 5. The quantitative estimate of drug-likeness (QED) is 0.644. The number of carbonyl (C=O) groups is 2. The molecule has 1 unspecified atom stereocenters. The normalized spacial score (nSPS) is 12.0. The Morgan fingerprint density at radius 3 is 2.81 bits per heavy atom. The number of aryl methyl sites for hydroxylation is 1. The Balaban J connectivity index is 1.73. The first-order valence-electron chi connectivity index (χ1n) is 8.36. The summed E-state index contributed by atoms with van der Waals surface area (Å²) in [5.41, 5.74) is 0.450. The monoisotopic (exact) mass is 390 g/mol. The number of rotatable bonds is 7. The maximum absolute atomic E-state index is 12.5. The highest BCUT2D eigenvalue weighted by molar-refractivity contribution is 6.30. The lowest BCUT2D eigenvalue weighted by Gasteiger charge is -2.12. The summed E-state index contributed by atoms with van der Waals surface area (Å²) in [5.74, 6) is -0.137. The number of furan rings is 1. The first-order valence-corrected chi connectivity index (χ1v) is 8.74. The van der Waals surface area contributed by atoms with Gasteiger partial charge in [0, 0.05) is 18.9 Å². The summed E-state index contributed by atoms with van der Waals surface area (Å²) < 4.78 is 8.21. The molecule has 0 aromatic carbocycles. The second-order valence-electron chi connectivity index (χ2n) is 5.81. The lowest BCUT2D eigenvalue weighted by molar-refractivity contribution is -0.119. The van der Waals surface area contributed by atoms with Gasteiger partial charge in [0.25, 0.3) is 5.91 Å². The molecule has 0 fully saturated rings. The van der Waals surface area contributed by atoms with Gasteiger partial charge in [-0.1, -0.05) is 11.6 Å². The molecule has 0 aliphatic heterocycles. The molecular weight excluding hydrogens is 372 g/mol. The second-order valence-corrected chi connectivity index (χ2v) is 6.25. The summed E-state index contributed by atoms with van der Waals surface area (Å²) in [6.45, 7) is 4.34. The topological polar surface area (TPSA) is 107 Å². The van der Waals surface area contributed by atoms with E-state index in [-0.39, 0.29) is 18.1 Å². The van der Waals surface area contributed by atoms with Crippen LogP contribution in [0.25, 0.3) is 0 Å². The predicted octanol–water partition coefficient (Wildman–Crippen LogP) is 2.48. The minimum absolute atomic E-state index is 0.127. The molecule has 0 saturated carbocycles. The molecule has 3 heterocycles. The van der Waals surface area contributed by atoms with Gasteiger partial charge in [-0.2, -0.15) is 10.2 Å². The highest BCUT2D eigenvalue weighted by Crippen LogP contribution is 2.18. The zero-order valence-electron chi connectivity index (χ0n) is 14.8. The summed E-state index contributed by atoms with van der Waals surface area (Å²) in [6, 6.07) is 2.88. The van der Waals surface area contributed by atoms with E-state index in [1.54, 1.807) is 36.1 Å². The molecule has 0 aliphatic carbocycles. The van der Waals surface area contributed by atoms with Crippen LogP contribution in [0.2, 0.25) is 5.02 Å². The first kappa shape index (κ1) is 18.7. The van der Waals surface area contributed by atoms with Crippen LogP contribution in [0.5, 0.6) is 0 Å². The molecule has 0 radical (unpaired) electrons. The fourth-order valence-corrected chi connectivity index (χ4v) is 2.53. The SMILES string of the molecule is CCn1cc(NC(=O)C(C)n2cc(Cl)cn2)c(C(=O)NCc2ccco2)n1. The molecule has 142 valence electrons. The van der Waals surface area contributed by atoms with Crippen LogP contribution in [0.1, 0.15) is 36.1 Å². The summed E-state index contributed by atoms with van der Waals surface area (Å²) >= 11 is 5.85. The van der Waals surface area contributed by atoms with E-state index in [2.05, 4.69) is 20.8 Å². The first-order chi connectivity index (χ1) is 13.0. The van der Waals surface area contributed by atoms with Crippen molar-refractivity contribution in [3.8, 4) is 0 Å². The molecule has 2 amide bonds. The van der Waals surface area contributed by atoms with Crippen molar-refractivity contribution in [2.45, 2.75) is 33.0 Å². The third-order valence-corrected chi connectivity index (χ3v) is 4.10. The molecule has 3 aromatic heterocycles. The molecule has 3 aromatic rings. The summed E-state index contributed by atoms with van der Waals surface area (Å²) in [7, 11) is 0. The Labute approximate surface area is 160 Å². The molecule has 9 nitrogen and oxygen atoms in total. The lowest BCUT2D eigenvalue weighted by Crippen LogP contribution is -2.27. The lowest BCUT2D eigenvalue weighted by atomic mass is 10.3. The number of carbonyl (C=O) groups excluding carboxylic acids is 2. The third kappa shape index (κ3) is 4.37. The Hall–Kier alpha value is -3.07. The summed E-state index contributed by atoms with van der Waals surface area (Å²) in [4.78, 5) is 25.0. The van der Waals surface area contributed by atoms with E-state index in [0.717, 1.165) is 0 Å². The van der Waals surface area contributed by atoms with Crippen LogP contribution in [0, 0.1) is 0 Å². The van der Waals surface area contributed by atoms with Crippen molar-refractivity contribution >= 4 is 29.1 Å². The van der Waals surface area contributed by atoms with Crippen molar-refractivity contribution in [1.82, 2.24) is 24.9 Å². The van der Waals surface area contributed by atoms with E-state index < -0.39 is 11.9 Å². The van der Waals surface area contributed by atoms with Crippen molar-refractivity contribution in [1.29, 1.82) is 0 Å². The van der Waals surface area contributed by atoms with Gasteiger partial charge in [-0.3, -0.25) is 19.0 Å². The Morgan fingerprint density at radius 1 is 1.37 bits per heavy atom. The Bertz CT molecular complexity index is 931. The number of anilines is 1. The van der Waals surface area contributed by atoms with Crippen LogP contribution in [0.3, 0.4) is 0 Å². The molecule has 0 saturated heterocycles. The zero-order valence-corrected chi connectivity index (χ0v) is 15.6. The fraction of sp³-hybridized carbons (Fsp3) is 0.294. The average molecular weight is 391 g/mol. The van der Waals surface area contributed by atoms with Gasteiger partial charge in [-0.25, -0.2) is 0 Å². The van der Waals surface area contributed by atoms with Crippen LogP contribution < -0.4 is 10.6 Å². The Kier molecular flexibility index (Phi) is 5.60. The minimum atomic E-state index is -0.610. The number of amides is 2. The smallest absolute Gasteiger partial charge is 0.274 e. The van der Waals surface area contributed by atoms with Crippen molar-refractivity contribution < 1.29 is 14.0 Å². The van der Waals surface area contributed by atoms with Gasteiger partial charge in [0.05, 0.1) is 29.7 Å². The van der Waals surface area contributed by atoms with E-state index in [1.165, 1.54) is 17.1 Å². The predicted molar refractivity (Wildman–Crippen MR) is 98.4 cm³/mol. The van der Waals surface area contributed by atoms with Gasteiger partial charge < -0.3 is 15.1 Å². The Morgan fingerprint density at radius 2 is 2.19 bits per heavy atom. The van der Waals surface area contributed by atoms with Crippen LogP contribution in [-0.4, -0.2) is 31.4 Å². The van der Waals surface area contributed by atoms with E-state index in [4.69, 9.17) is 16.0 Å². The van der Waals surface area contributed by atoms with Crippen LogP contribution in [0.4, 0.5) is 5.69 Å². The van der Waals surface area contributed by atoms with E-state index >= 15 is 0 Å². The zero-order chi connectivity index (χ0) is 19.4. The standard InChI is InChI=1S/C17H19ClN6O3/c1-3-23-10-14(21-16(25)11(2)24-9-12(18)7-20-24)15(22-23)17(26)19-8-13-5-4-6-27-13/h4-7,9-11H,3,8H2,1-2H3,(H,19,26)(H,21,25). The van der Waals surface area contributed by atoms with Crippen molar-refractivity contribution in [3.63, 3.8) is 0 Å². The minimum Gasteiger partial charge on any atom is -0.467 e. The van der Waals surface area contributed by atoms with Gasteiger partial charge >= 0.3 is 0 Å². The molecule has 2 N–H and O–H groups in total. The molecule has 0 aliphatic rings. The van der Waals surface area contributed by atoms with Crippen molar-refractivity contribution in [2.75, 3.05) is 5.32 Å². The van der Waals surface area contributed by atoms with Crippen LogP contribution in [0.15, 0.2) is 41.4 Å². The number of halogens is 1. The van der Waals surface area contributed by atoms with Crippen LogP contribution >= 0.6 is 11.6 Å². The van der Waals surface area contributed by atoms with Gasteiger partial charge in [-0.15, -0.1) is 0 Å². The fourth-order valence-electron chi connectivity index (χ4n) is 2.39. The maximum Gasteiger partial charge on any atom is 0.274 e. The van der Waals surface area contributed by atoms with Gasteiger partial charge in [0.2, 0.25) is 5.91 Å². The van der Waals surface area contributed by atoms with Gasteiger partial charge in [-0.05, 0) is 26.0 Å². The molecule has 3 rings (SSSR count). The number of nitrogens with one attached hydrogen (secondary N) is 2. The summed E-state index contributed by atoms with van der Waals surface area (Å²) in [6.07, 6.45) is 6.15. The largest absolute Gasteiger partial charge is 0.467 e. The molecular formula is C17H19ClN6O3. The van der Waals surface area contributed by atoms with E-state index in [9.17, 15) is 9.59 Å². The molecule has 1 atom stereocenters. The number of nitrogens with zero attached hydrogens (tertiary/aromatic N) is 4. The summed E-state index contributed by atoms with van der Waals surface area (Å²) in [5, 5.41) is 14.2. The second kappa shape index (κ2) is 8.09. The molecule has 10 heteroatoms. The van der Waals surface area contributed by atoms with Gasteiger partial charge in [0.1, 0.15) is 11.8 Å². The van der Waals surface area contributed by atoms with Crippen molar-refractivity contribution in [3.05, 3.63) is 53.5 Å². The van der Waals surface area contributed by atoms with E-state index in [0.29, 0.717) is 23.0 Å². The average Bonchev–Trinajstić information content (AvgIpc) is 3.39. The number of aromatic nitrogens is 4. The molecule has 0 spiro atoms. The van der Waals surface area contributed by atoms with Gasteiger partial charge in [0.15, 0.2) is 5.69 Å². The maximum atomic E-state index is 12.5. The highest BCUT2D eigenvalue weighted by Gasteiger charge is 2.22. The number of hydrogen-bond donors (Lipinski definition) is 2. The van der Waals surface area contributed by atoms with Crippen molar-refractivity contribution in [2.24, 2.45) is 0 Å². The molecule has 27 heavy (non-hydrogen) atoms. The van der Waals surface area contributed by atoms with Crippen LogP contribution in [-0.2, 0) is 17.9 Å².